The van der Waals surface area contributed by atoms with Crippen LogP contribution < -0.4 is 14.8 Å². The Kier molecular flexibility index (Phi) is 11.3. The number of ether oxygens (including phenoxy) is 3. The highest BCUT2D eigenvalue weighted by molar-refractivity contribution is 5.99. The van der Waals surface area contributed by atoms with Crippen molar-refractivity contribution in [3.8, 4) is 11.6 Å². The van der Waals surface area contributed by atoms with E-state index in [0.29, 0.717) is 44.5 Å². The van der Waals surface area contributed by atoms with Gasteiger partial charge in [0.05, 0.1) is 32.6 Å². The largest absolute Gasteiger partial charge is 0.497 e. The Bertz CT molecular complexity index is 1640. The predicted octanol–water partition coefficient (Wildman–Crippen LogP) is 3.22. The number of nitrogens with one attached hydrogen (secondary N) is 1. The lowest BCUT2D eigenvalue weighted by atomic mass is 9.95. The summed E-state index contributed by atoms with van der Waals surface area (Å²) in [6, 6.07) is 20.6. The van der Waals surface area contributed by atoms with Gasteiger partial charge in [0.25, 0.3) is 5.91 Å². The molecule has 48 heavy (non-hydrogen) atoms. The van der Waals surface area contributed by atoms with Crippen molar-refractivity contribution in [2.24, 2.45) is 5.92 Å². The molecular weight excluding hydrogens is 610 g/mol. The van der Waals surface area contributed by atoms with Crippen molar-refractivity contribution in [1.82, 2.24) is 35.1 Å². The fourth-order valence-corrected chi connectivity index (χ4v) is 6.28. The maximum absolute atomic E-state index is 14.1. The number of rotatable bonds is 7. The van der Waals surface area contributed by atoms with Crippen molar-refractivity contribution in [2.45, 2.75) is 38.4 Å². The third-order valence-corrected chi connectivity index (χ3v) is 8.81. The van der Waals surface area contributed by atoms with E-state index in [9.17, 15) is 9.59 Å². The summed E-state index contributed by atoms with van der Waals surface area (Å²) in [7, 11) is 1.68. The van der Waals surface area contributed by atoms with E-state index in [-0.39, 0.29) is 30.4 Å². The monoisotopic (exact) mass is 653 g/mol. The van der Waals surface area contributed by atoms with Gasteiger partial charge < -0.3 is 24.4 Å². The Morgan fingerprint density at radius 1 is 0.917 bits per heavy atom. The number of amides is 2. The zero-order valence-electron chi connectivity index (χ0n) is 27.4. The number of carbonyl (C=O) groups is 2. The van der Waals surface area contributed by atoms with Gasteiger partial charge in [-0.15, -0.1) is 5.10 Å². The first-order valence-corrected chi connectivity index (χ1v) is 16.6. The molecule has 3 aliphatic heterocycles. The third kappa shape index (κ3) is 8.96. The summed E-state index contributed by atoms with van der Waals surface area (Å²) < 4.78 is 19.1. The summed E-state index contributed by atoms with van der Waals surface area (Å²) in [5.74, 6) is 0.890. The van der Waals surface area contributed by atoms with E-state index in [4.69, 9.17) is 14.2 Å². The minimum absolute atomic E-state index is 0.131. The van der Waals surface area contributed by atoms with Gasteiger partial charge in [0.15, 0.2) is 0 Å². The standard InChI is InChI=1S/C36H43N7O5/c1-46-31-10-5-9-29(21-31)24-41-17-18-47-19-20-48-35-32(11-6-14-37-35)34(44)38-33(36(45)42-15-12-28(23-41)13-16-42)22-30-26-43(40-39-30)25-27-7-3-2-4-8-27/h2-11,14,21,26,28,33H,12-13,15-20,22-25H2,1H3,(H,38,44)/t33-/m1/s1. The molecule has 1 saturated heterocycles. The average Bonchev–Trinajstić information content (AvgIpc) is 3.56. The number of methoxy groups -OCH3 is 1. The van der Waals surface area contributed by atoms with E-state index in [1.54, 1.807) is 30.1 Å². The first-order valence-electron chi connectivity index (χ1n) is 16.6. The molecule has 0 radical (unpaired) electrons. The van der Waals surface area contributed by atoms with Crippen LogP contribution in [0.25, 0.3) is 0 Å². The van der Waals surface area contributed by atoms with Crippen LogP contribution in [-0.2, 0) is 29.0 Å². The smallest absolute Gasteiger partial charge is 0.257 e. The summed E-state index contributed by atoms with van der Waals surface area (Å²) in [4.78, 5) is 36.3. The van der Waals surface area contributed by atoms with Crippen LogP contribution in [0.15, 0.2) is 79.1 Å². The van der Waals surface area contributed by atoms with Gasteiger partial charge in [0, 0.05) is 51.5 Å². The normalized spacial score (nSPS) is 19.9. The van der Waals surface area contributed by atoms with Crippen LogP contribution in [0.5, 0.6) is 11.6 Å². The molecule has 7 rings (SSSR count). The summed E-state index contributed by atoms with van der Waals surface area (Å²) in [5.41, 5.74) is 3.14. The molecule has 3 aliphatic rings. The SMILES string of the molecule is COc1cccc(CN2CCOCCOc3ncccc3C(=O)N[C@H](Cc3cn(Cc4ccccc4)nn3)C(=O)N3CCC(CC3)C2)c1. The number of nitrogens with zero attached hydrogens (tertiary/aromatic N) is 6. The van der Waals surface area contributed by atoms with Crippen molar-refractivity contribution in [1.29, 1.82) is 0 Å². The minimum Gasteiger partial charge on any atom is -0.497 e. The van der Waals surface area contributed by atoms with E-state index >= 15 is 0 Å². The zero-order chi connectivity index (χ0) is 33.1. The molecular formula is C36H43N7O5. The van der Waals surface area contributed by atoms with Crippen LogP contribution in [-0.4, -0.2) is 101 Å². The molecule has 1 atom stereocenters. The van der Waals surface area contributed by atoms with E-state index in [2.05, 4.69) is 37.6 Å². The van der Waals surface area contributed by atoms with Gasteiger partial charge >= 0.3 is 0 Å². The van der Waals surface area contributed by atoms with Crippen LogP contribution in [0.2, 0.25) is 0 Å². The molecule has 1 fully saturated rings. The molecule has 0 spiro atoms. The van der Waals surface area contributed by atoms with Gasteiger partial charge in [-0.1, -0.05) is 47.7 Å². The highest BCUT2D eigenvalue weighted by atomic mass is 16.5. The maximum atomic E-state index is 14.1. The first-order chi connectivity index (χ1) is 23.5. The molecule has 12 heteroatoms. The Morgan fingerprint density at radius 3 is 2.58 bits per heavy atom. The molecule has 2 aromatic carbocycles. The Morgan fingerprint density at radius 2 is 1.75 bits per heavy atom. The van der Waals surface area contributed by atoms with Crippen LogP contribution in [0, 0.1) is 5.92 Å². The molecule has 2 amide bonds. The highest BCUT2D eigenvalue weighted by Crippen LogP contribution is 2.23. The molecule has 12 nitrogen and oxygen atoms in total. The van der Waals surface area contributed by atoms with Crippen molar-refractivity contribution in [3.05, 3.63) is 102 Å². The van der Waals surface area contributed by atoms with Gasteiger partial charge in [0.1, 0.15) is 24.0 Å². The molecule has 5 heterocycles. The highest BCUT2D eigenvalue weighted by Gasteiger charge is 2.32. The summed E-state index contributed by atoms with van der Waals surface area (Å²) >= 11 is 0. The average molecular weight is 654 g/mol. The fraction of sp³-hybridized carbons (Fsp3) is 0.417. The fourth-order valence-electron chi connectivity index (χ4n) is 6.28. The topological polar surface area (TPSA) is 124 Å². The lowest BCUT2D eigenvalue weighted by molar-refractivity contribution is -0.134. The Balaban J connectivity index is 1.20. The predicted molar refractivity (Wildman–Crippen MR) is 179 cm³/mol. The van der Waals surface area contributed by atoms with Crippen LogP contribution in [0.3, 0.4) is 0 Å². The minimum atomic E-state index is -0.837. The lowest BCUT2D eigenvalue weighted by Gasteiger charge is -2.36. The second kappa shape index (κ2) is 16.3. The summed E-state index contributed by atoms with van der Waals surface area (Å²) in [6.07, 6.45) is 5.36. The summed E-state index contributed by atoms with van der Waals surface area (Å²) in [5, 5.41) is 11.6. The molecule has 0 aliphatic carbocycles. The van der Waals surface area contributed by atoms with Gasteiger partial charge in [-0.05, 0) is 54.2 Å². The number of pyridine rings is 1. The first kappa shape index (κ1) is 33.1. The second-order valence-electron chi connectivity index (χ2n) is 12.3. The number of hydrogen-bond acceptors (Lipinski definition) is 9. The van der Waals surface area contributed by atoms with Crippen molar-refractivity contribution in [3.63, 3.8) is 0 Å². The number of piperidine rings is 1. The third-order valence-electron chi connectivity index (χ3n) is 8.81. The van der Waals surface area contributed by atoms with Gasteiger partial charge in [0.2, 0.25) is 11.8 Å². The molecule has 2 aromatic heterocycles. The quantitative estimate of drug-likeness (QED) is 0.300. The maximum Gasteiger partial charge on any atom is 0.257 e. The number of aromatic nitrogens is 4. The second-order valence-corrected chi connectivity index (χ2v) is 12.3. The number of benzene rings is 2. The van der Waals surface area contributed by atoms with E-state index in [1.165, 1.54) is 5.56 Å². The van der Waals surface area contributed by atoms with Crippen molar-refractivity contribution >= 4 is 11.8 Å². The van der Waals surface area contributed by atoms with Crippen molar-refractivity contribution in [2.75, 3.05) is 53.1 Å². The van der Waals surface area contributed by atoms with Crippen LogP contribution in [0.4, 0.5) is 0 Å². The van der Waals surface area contributed by atoms with Gasteiger partial charge in [-0.25, -0.2) is 9.67 Å². The van der Waals surface area contributed by atoms with Crippen LogP contribution >= 0.6 is 0 Å². The summed E-state index contributed by atoms with van der Waals surface area (Å²) in [6.45, 7) is 5.31. The van der Waals surface area contributed by atoms with E-state index in [0.717, 1.165) is 43.8 Å². The van der Waals surface area contributed by atoms with Crippen LogP contribution in [0.1, 0.15) is 40.0 Å². The zero-order valence-corrected chi connectivity index (χ0v) is 27.4. The molecule has 0 unspecified atom stereocenters. The molecule has 0 saturated carbocycles. The lowest BCUT2D eigenvalue weighted by Crippen LogP contribution is -2.52. The number of hydrogen-bond donors (Lipinski definition) is 1. The molecule has 4 aromatic rings. The number of carbonyl (C=O) groups excluding carboxylic acids is 2. The Labute approximate surface area is 281 Å². The Hall–Kier alpha value is -4.81. The molecule has 252 valence electrons. The van der Waals surface area contributed by atoms with Gasteiger partial charge in [-0.3, -0.25) is 14.5 Å². The number of fused-ring (bicyclic) bond motifs is 12. The van der Waals surface area contributed by atoms with E-state index in [1.807, 2.05) is 53.6 Å². The van der Waals surface area contributed by atoms with Crippen molar-refractivity contribution < 1.29 is 23.8 Å². The van der Waals surface area contributed by atoms with E-state index < -0.39 is 11.9 Å². The molecule has 1 N–H and O–H groups in total. The molecule has 2 bridgehead atoms. The van der Waals surface area contributed by atoms with Gasteiger partial charge in [-0.2, -0.15) is 0 Å².